The largest absolute Gasteiger partial charge is 0.492 e. The van der Waals surface area contributed by atoms with Gasteiger partial charge in [0.15, 0.2) is 0 Å². The molecule has 0 radical (unpaired) electrons. The number of benzene rings is 1. The van der Waals surface area contributed by atoms with Crippen molar-refractivity contribution in [2.45, 2.75) is 56.8 Å². The maximum Gasteiger partial charge on any atom is 0.395 e. The number of alkyl halides is 3. The Morgan fingerprint density at radius 3 is 2.44 bits per heavy atom. The Balaban J connectivity index is 1.13. The van der Waals surface area contributed by atoms with Crippen LogP contribution in [0.15, 0.2) is 36.5 Å². The summed E-state index contributed by atoms with van der Waals surface area (Å²) in [5, 5.41) is 9.85. The molecule has 3 heterocycles. The number of hydrogen-bond donors (Lipinski definition) is 2. The molecule has 2 aliphatic heterocycles. The van der Waals surface area contributed by atoms with Crippen LogP contribution in [0.1, 0.15) is 48.9 Å². The zero-order chi connectivity index (χ0) is 29.4. The molecule has 1 aliphatic carbocycles. The van der Waals surface area contributed by atoms with Crippen molar-refractivity contribution in [1.82, 2.24) is 14.8 Å². The maximum absolute atomic E-state index is 15.0. The summed E-state index contributed by atoms with van der Waals surface area (Å²) in [5.74, 6) is -1.28. The van der Waals surface area contributed by atoms with Crippen LogP contribution in [0.25, 0.3) is 11.3 Å². The smallest absolute Gasteiger partial charge is 0.395 e. The van der Waals surface area contributed by atoms with Crippen molar-refractivity contribution in [3.8, 4) is 17.0 Å². The van der Waals surface area contributed by atoms with Gasteiger partial charge in [-0.15, -0.1) is 0 Å². The molecule has 8 nitrogen and oxygen atoms in total. The summed E-state index contributed by atoms with van der Waals surface area (Å²) in [6.07, 6.45) is -0.916. The van der Waals surface area contributed by atoms with Crippen LogP contribution < -0.4 is 10.5 Å². The predicted molar refractivity (Wildman–Crippen MR) is 141 cm³/mol. The second-order valence-corrected chi connectivity index (χ2v) is 11.5. The van der Waals surface area contributed by atoms with Gasteiger partial charge >= 0.3 is 6.18 Å². The van der Waals surface area contributed by atoms with E-state index in [9.17, 15) is 32.3 Å². The molecule has 3 fully saturated rings. The molecule has 0 spiro atoms. The number of aliphatic hydroxyl groups excluding tert-OH is 1. The summed E-state index contributed by atoms with van der Waals surface area (Å²) < 4.78 is 61.4. The lowest BCUT2D eigenvalue weighted by Gasteiger charge is -2.47. The molecular weight excluding hydrogens is 544 g/mol. The number of pyridine rings is 1. The second-order valence-electron chi connectivity index (χ2n) is 11.5. The summed E-state index contributed by atoms with van der Waals surface area (Å²) in [7, 11) is 0. The Bertz CT molecular complexity index is 1260. The van der Waals surface area contributed by atoms with Crippen molar-refractivity contribution < 1.29 is 37.0 Å². The number of carbonyl (C=O) groups excluding carboxylic acids is 2. The third kappa shape index (κ3) is 6.18. The molecule has 2 aromatic rings. The van der Waals surface area contributed by atoms with Crippen molar-refractivity contribution in [2.75, 3.05) is 32.8 Å². The van der Waals surface area contributed by atoms with E-state index in [1.54, 1.807) is 12.1 Å². The van der Waals surface area contributed by atoms with E-state index in [1.807, 2.05) is 4.90 Å². The molecule has 222 valence electrons. The van der Waals surface area contributed by atoms with Crippen LogP contribution in [0.5, 0.6) is 5.75 Å². The fourth-order valence-electron chi connectivity index (χ4n) is 6.04. The van der Waals surface area contributed by atoms with Crippen LogP contribution in [0.3, 0.4) is 0 Å². The van der Waals surface area contributed by atoms with E-state index in [0.29, 0.717) is 37.6 Å². The van der Waals surface area contributed by atoms with E-state index >= 15 is 0 Å². The van der Waals surface area contributed by atoms with Crippen LogP contribution in [0, 0.1) is 17.2 Å². The Kier molecular flexibility index (Phi) is 8.24. The number of rotatable bonds is 8. The van der Waals surface area contributed by atoms with Crippen LogP contribution in [-0.4, -0.2) is 82.8 Å². The highest BCUT2D eigenvalue weighted by molar-refractivity contribution is 5.98. The molecule has 1 aromatic heterocycles. The lowest BCUT2D eigenvalue weighted by molar-refractivity contribution is -0.256. The number of nitrogens with two attached hydrogens (primary N) is 1. The number of ether oxygens (including phenoxy) is 1. The van der Waals surface area contributed by atoms with E-state index in [2.05, 4.69) is 4.98 Å². The maximum atomic E-state index is 15.0. The van der Waals surface area contributed by atoms with Crippen LogP contribution in [0.4, 0.5) is 17.6 Å². The van der Waals surface area contributed by atoms with Crippen molar-refractivity contribution in [2.24, 2.45) is 17.1 Å². The summed E-state index contributed by atoms with van der Waals surface area (Å²) >= 11 is 0. The number of likely N-dealkylation sites (tertiary alicyclic amines) is 2. The molecule has 3 aliphatic rings. The van der Waals surface area contributed by atoms with E-state index < -0.39 is 41.4 Å². The summed E-state index contributed by atoms with van der Waals surface area (Å²) in [6.45, 7) is 1.67. The van der Waals surface area contributed by atoms with Crippen LogP contribution in [-0.2, 0) is 4.79 Å². The Hall–Kier alpha value is -3.25. The first-order valence-corrected chi connectivity index (χ1v) is 13.9. The summed E-state index contributed by atoms with van der Waals surface area (Å²) in [5.41, 5.74) is 4.35. The van der Waals surface area contributed by atoms with E-state index in [-0.39, 0.29) is 49.4 Å². The van der Waals surface area contributed by atoms with E-state index in [0.717, 1.165) is 23.8 Å². The van der Waals surface area contributed by atoms with Gasteiger partial charge in [-0.05, 0) is 75.0 Å². The van der Waals surface area contributed by atoms with Gasteiger partial charge in [0.2, 0.25) is 5.91 Å². The Labute approximate surface area is 235 Å². The van der Waals surface area contributed by atoms with Gasteiger partial charge in [0.25, 0.3) is 5.91 Å². The summed E-state index contributed by atoms with van der Waals surface area (Å²) in [4.78, 5) is 31.9. The Morgan fingerprint density at radius 2 is 1.88 bits per heavy atom. The van der Waals surface area contributed by atoms with Crippen molar-refractivity contribution in [3.63, 3.8) is 0 Å². The molecule has 2 saturated heterocycles. The minimum Gasteiger partial charge on any atom is -0.492 e. The van der Waals surface area contributed by atoms with Gasteiger partial charge in [-0.25, -0.2) is 4.39 Å². The Morgan fingerprint density at radius 1 is 1.15 bits per heavy atom. The van der Waals surface area contributed by atoms with Crippen molar-refractivity contribution in [1.29, 1.82) is 0 Å². The zero-order valence-electron chi connectivity index (χ0n) is 22.6. The molecule has 5 rings (SSSR count). The van der Waals surface area contributed by atoms with Crippen LogP contribution in [0.2, 0.25) is 0 Å². The fraction of sp³-hybridized carbons (Fsp3) is 0.552. The first-order valence-electron chi connectivity index (χ1n) is 13.9. The van der Waals surface area contributed by atoms with Crippen molar-refractivity contribution >= 4 is 11.8 Å². The number of hydrogen-bond acceptors (Lipinski definition) is 6. The SMILES string of the molecule is NC(=O)C1CC(O)CN1C(=O)c1ccc(-c2ccc(OCC3CCN(CC4(C(F)(F)F)CCC4)CC3)cn2)c(F)c1. The van der Waals surface area contributed by atoms with E-state index in [4.69, 9.17) is 10.5 Å². The quantitative estimate of drug-likeness (QED) is 0.462. The number of β-amino-alcohol motifs (C(OH)–C–C–N with tert-alkyl or cyclic N) is 1. The molecular formula is C29H34F4N4O4. The minimum atomic E-state index is -4.15. The predicted octanol–water partition coefficient (Wildman–Crippen LogP) is 3.77. The van der Waals surface area contributed by atoms with Gasteiger partial charge in [-0.3, -0.25) is 14.6 Å². The van der Waals surface area contributed by atoms with Crippen molar-refractivity contribution in [3.05, 3.63) is 47.9 Å². The third-order valence-electron chi connectivity index (χ3n) is 8.73. The van der Waals surface area contributed by atoms with Gasteiger partial charge < -0.3 is 25.4 Å². The molecule has 2 atom stereocenters. The molecule has 0 bridgehead atoms. The zero-order valence-corrected chi connectivity index (χ0v) is 22.6. The number of piperidine rings is 1. The molecule has 1 aromatic carbocycles. The number of aromatic nitrogens is 1. The highest BCUT2D eigenvalue weighted by Gasteiger charge is 2.58. The van der Waals surface area contributed by atoms with Gasteiger partial charge in [0.1, 0.15) is 17.6 Å². The van der Waals surface area contributed by atoms with Gasteiger partial charge in [-0.2, -0.15) is 13.2 Å². The standard InChI is InChI=1S/C29H34F4N4O4/c30-23-12-19(27(40)37-15-20(38)13-25(37)26(34)39)2-4-22(23)24-5-3-21(14-35-24)41-16-18-6-10-36(11-7-18)17-28(8-1-9-28)29(31,32)33/h2-5,12,14,18,20,25,38H,1,6-11,13,15-17H2,(H2,34,39). The normalized spacial score (nSPS) is 23.3. The average molecular weight is 579 g/mol. The molecule has 2 unspecified atom stereocenters. The summed E-state index contributed by atoms with van der Waals surface area (Å²) in [6, 6.07) is 6.26. The molecule has 12 heteroatoms. The number of primary amides is 1. The van der Waals surface area contributed by atoms with Gasteiger partial charge in [0, 0.05) is 30.6 Å². The highest BCUT2D eigenvalue weighted by atomic mass is 19.4. The second kappa shape index (κ2) is 11.6. The van der Waals surface area contributed by atoms with Gasteiger partial charge in [-0.1, -0.05) is 6.42 Å². The molecule has 3 N–H and O–H groups in total. The van der Waals surface area contributed by atoms with E-state index in [1.165, 1.54) is 18.3 Å². The van der Waals surface area contributed by atoms with Crippen LogP contribution >= 0.6 is 0 Å². The number of halogens is 4. The number of carbonyl (C=O) groups is 2. The minimum absolute atomic E-state index is 0.0267. The number of aliphatic hydroxyl groups is 1. The molecule has 1 saturated carbocycles. The fourth-order valence-corrected chi connectivity index (χ4v) is 6.04. The monoisotopic (exact) mass is 578 g/mol. The third-order valence-corrected chi connectivity index (χ3v) is 8.73. The lowest BCUT2D eigenvalue weighted by Crippen LogP contribution is -2.53. The number of nitrogens with zero attached hydrogens (tertiary/aromatic N) is 3. The van der Waals surface area contributed by atoms with Gasteiger partial charge in [0.05, 0.1) is 30.0 Å². The molecule has 41 heavy (non-hydrogen) atoms. The topological polar surface area (TPSA) is 109 Å². The number of amides is 2. The highest BCUT2D eigenvalue weighted by Crippen LogP contribution is 2.53. The lowest BCUT2D eigenvalue weighted by atomic mass is 9.67. The first kappa shape index (κ1) is 29.2. The average Bonchev–Trinajstić information content (AvgIpc) is 3.31. The molecule has 2 amide bonds. The first-order chi connectivity index (χ1) is 19.5.